The number of hydrogen-bond acceptors (Lipinski definition) is 5. The van der Waals surface area contributed by atoms with Gasteiger partial charge in [-0.15, -0.1) is 0 Å². The number of nitrogens with zero attached hydrogens (tertiary/aromatic N) is 5. The van der Waals surface area contributed by atoms with Gasteiger partial charge in [-0.2, -0.15) is 0 Å². The fourth-order valence-electron chi connectivity index (χ4n) is 6.88. The molecule has 3 aromatic rings. The van der Waals surface area contributed by atoms with E-state index in [-0.39, 0.29) is 0 Å². The first-order chi connectivity index (χ1) is 19.6. The Hall–Kier alpha value is -3.58. The Labute approximate surface area is 237 Å². The highest BCUT2D eigenvalue weighted by Gasteiger charge is 2.36. The predicted molar refractivity (Wildman–Crippen MR) is 162 cm³/mol. The Morgan fingerprint density at radius 1 is 1.07 bits per heavy atom. The first-order valence-corrected chi connectivity index (χ1v) is 15.1. The van der Waals surface area contributed by atoms with Crippen LogP contribution in [0.25, 0.3) is 27.6 Å². The summed E-state index contributed by atoms with van der Waals surface area (Å²) < 4.78 is 2.62. The van der Waals surface area contributed by atoms with E-state index < -0.39 is 0 Å². The van der Waals surface area contributed by atoms with Gasteiger partial charge in [0.2, 0.25) is 6.41 Å². The molecule has 4 aliphatic rings. The highest BCUT2D eigenvalue weighted by Crippen LogP contribution is 2.43. The quantitative estimate of drug-likeness (QED) is 0.404. The SMILES string of the molecule is CCc1ccc(-c2cc(N3CC4=C(CN(C=O)C4)N3CC)cc3cc(C4=CCCNC4)n(CC4CC4)c23)c(C)n1. The number of benzene rings is 1. The van der Waals surface area contributed by atoms with Crippen molar-refractivity contribution in [3.63, 3.8) is 0 Å². The fourth-order valence-corrected chi connectivity index (χ4v) is 6.88. The first-order valence-electron chi connectivity index (χ1n) is 15.1. The summed E-state index contributed by atoms with van der Waals surface area (Å²) in [6, 6.07) is 11.7. The number of anilines is 1. The lowest BCUT2D eigenvalue weighted by molar-refractivity contribution is -0.117. The van der Waals surface area contributed by atoms with Gasteiger partial charge in [-0.05, 0) is 87.4 Å². The van der Waals surface area contributed by atoms with Crippen molar-refractivity contribution in [1.29, 1.82) is 0 Å². The number of carbonyl (C=O) groups is 1. The summed E-state index contributed by atoms with van der Waals surface area (Å²) in [6.45, 7) is 12.7. The van der Waals surface area contributed by atoms with Crippen LogP contribution >= 0.6 is 0 Å². The van der Waals surface area contributed by atoms with Gasteiger partial charge in [0, 0.05) is 59.8 Å². The molecule has 0 radical (unpaired) electrons. The summed E-state index contributed by atoms with van der Waals surface area (Å²) in [6.07, 6.45) is 8.08. The minimum absolute atomic E-state index is 0.697. The number of aromatic nitrogens is 2. The van der Waals surface area contributed by atoms with Crippen LogP contribution < -0.4 is 10.3 Å². The molecule has 1 fully saturated rings. The Morgan fingerprint density at radius 2 is 1.95 bits per heavy atom. The Morgan fingerprint density at radius 3 is 2.65 bits per heavy atom. The third-order valence-electron chi connectivity index (χ3n) is 9.11. The number of pyridine rings is 1. The molecule has 1 N–H and O–H groups in total. The van der Waals surface area contributed by atoms with Crippen LogP contribution in [0.15, 0.2) is 47.7 Å². The van der Waals surface area contributed by atoms with Gasteiger partial charge in [0.05, 0.1) is 30.0 Å². The summed E-state index contributed by atoms with van der Waals surface area (Å²) >= 11 is 0. The topological polar surface area (TPSA) is 56.6 Å². The van der Waals surface area contributed by atoms with Crippen molar-refractivity contribution in [3.05, 3.63) is 64.8 Å². The molecule has 208 valence electrons. The third kappa shape index (κ3) is 4.31. The van der Waals surface area contributed by atoms with E-state index in [1.165, 1.54) is 63.1 Å². The van der Waals surface area contributed by atoms with Crippen molar-refractivity contribution in [2.24, 2.45) is 5.92 Å². The highest BCUT2D eigenvalue weighted by atomic mass is 16.1. The summed E-state index contributed by atoms with van der Waals surface area (Å²) in [4.78, 5) is 18.4. The number of aryl methyl sites for hydroxylation is 2. The molecule has 3 aliphatic heterocycles. The van der Waals surface area contributed by atoms with E-state index in [0.717, 1.165) is 75.8 Å². The van der Waals surface area contributed by atoms with E-state index in [1.54, 1.807) is 0 Å². The summed E-state index contributed by atoms with van der Waals surface area (Å²) in [5.74, 6) is 0.767. The molecule has 7 rings (SSSR count). The van der Waals surface area contributed by atoms with E-state index in [2.05, 4.69) is 77.1 Å². The standard InChI is InChI=1S/C33H40N6O/c1-4-27-10-11-29(22(3)35-27)30-15-28(39-19-26-18-36(21-40)20-32(26)38(39)5-2)13-25-14-31(24-7-6-12-34-16-24)37(33(25)30)17-23-8-9-23/h7,10-11,13-15,21,23,34H,4-6,8-9,12,16-20H2,1-3H3. The van der Waals surface area contributed by atoms with E-state index in [0.29, 0.717) is 6.54 Å². The zero-order valence-corrected chi connectivity index (χ0v) is 24.0. The summed E-state index contributed by atoms with van der Waals surface area (Å²) in [5.41, 5.74) is 12.7. The minimum Gasteiger partial charge on any atom is -0.340 e. The van der Waals surface area contributed by atoms with Gasteiger partial charge in [-0.3, -0.25) is 19.8 Å². The molecular formula is C33H40N6O. The van der Waals surface area contributed by atoms with Crippen LogP contribution in [0.1, 0.15) is 50.2 Å². The van der Waals surface area contributed by atoms with Crippen LogP contribution in [0.3, 0.4) is 0 Å². The average molecular weight is 537 g/mol. The van der Waals surface area contributed by atoms with Gasteiger partial charge in [0.25, 0.3) is 0 Å². The van der Waals surface area contributed by atoms with Crippen LogP contribution in [0.4, 0.5) is 5.69 Å². The largest absolute Gasteiger partial charge is 0.340 e. The van der Waals surface area contributed by atoms with Crippen molar-refractivity contribution >= 4 is 28.6 Å². The molecule has 7 heteroatoms. The zero-order chi connectivity index (χ0) is 27.4. The second-order valence-electron chi connectivity index (χ2n) is 11.8. The lowest BCUT2D eigenvalue weighted by Gasteiger charge is -2.35. The van der Waals surface area contributed by atoms with Crippen molar-refractivity contribution in [2.45, 2.75) is 53.0 Å². The van der Waals surface area contributed by atoms with Crippen molar-refractivity contribution in [3.8, 4) is 11.1 Å². The van der Waals surface area contributed by atoms with E-state index >= 15 is 0 Å². The van der Waals surface area contributed by atoms with E-state index in [9.17, 15) is 4.79 Å². The molecule has 40 heavy (non-hydrogen) atoms. The number of hydrogen-bond donors (Lipinski definition) is 1. The number of rotatable bonds is 8. The van der Waals surface area contributed by atoms with Crippen molar-refractivity contribution in [2.75, 3.05) is 44.3 Å². The maximum absolute atomic E-state index is 11.5. The van der Waals surface area contributed by atoms with Crippen LogP contribution in [0.5, 0.6) is 0 Å². The van der Waals surface area contributed by atoms with Crippen molar-refractivity contribution in [1.82, 2.24) is 24.8 Å². The zero-order valence-electron chi connectivity index (χ0n) is 24.0. The van der Waals surface area contributed by atoms with Crippen LogP contribution in [-0.2, 0) is 17.8 Å². The van der Waals surface area contributed by atoms with Gasteiger partial charge in [0.15, 0.2) is 0 Å². The van der Waals surface area contributed by atoms with Crippen LogP contribution in [0.2, 0.25) is 0 Å². The smallest absolute Gasteiger partial charge is 0.210 e. The molecule has 2 aromatic heterocycles. The van der Waals surface area contributed by atoms with Gasteiger partial charge >= 0.3 is 0 Å². The minimum atomic E-state index is 0.697. The molecule has 7 nitrogen and oxygen atoms in total. The second kappa shape index (κ2) is 10.1. The lowest BCUT2D eigenvalue weighted by atomic mass is 9.99. The van der Waals surface area contributed by atoms with Gasteiger partial charge in [-0.1, -0.05) is 19.1 Å². The highest BCUT2D eigenvalue weighted by molar-refractivity contribution is 6.00. The Kier molecular flexibility index (Phi) is 6.42. The van der Waals surface area contributed by atoms with E-state index in [1.807, 2.05) is 4.90 Å². The van der Waals surface area contributed by atoms with Crippen LogP contribution in [-0.4, -0.2) is 65.1 Å². The Balaban J connectivity index is 1.41. The van der Waals surface area contributed by atoms with Crippen molar-refractivity contribution < 1.29 is 4.79 Å². The monoisotopic (exact) mass is 536 g/mol. The fraction of sp³-hybridized carbons (Fsp3) is 0.455. The summed E-state index contributed by atoms with van der Waals surface area (Å²) in [7, 11) is 0. The molecule has 5 heterocycles. The molecule has 1 amide bonds. The molecule has 1 aliphatic carbocycles. The molecule has 0 unspecified atom stereocenters. The maximum atomic E-state index is 11.5. The number of amides is 1. The maximum Gasteiger partial charge on any atom is 0.210 e. The van der Waals surface area contributed by atoms with Gasteiger partial charge in [0.1, 0.15) is 0 Å². The number of hydrazine groups is 1. The molecule has 0 atom stereocenters. The molecule has 0 bridgehead atoms. The van der Waals surface area contributed by atoms with Gasteiger partial charge < -0.3 is 14.8 Å². The molecule has 0 spiro atoms. The number of nitrogens with one attached hydrogen (secondary N) is 1. The van der Waals surface area contributed by atoms with E-state index in [4.69, 9.17) is 4.98 Å². The number of carbonyl (C=O) groups excluding carboxylic acids is 1. The van der Waals surface area contributed by atoms with Gasteiger partial charge in [-0.25, -0.2) is 0 Å². The van der Waals surface area contributed by atoms with Crippen LogP contribution in [0, 0.1) is 12.8 Å². The third-order valence-corrected chi connectivity index (χ3v) is 9.11. The molecule has 0 saturated heterocycles. The normalized spacial score (nSPS) is 19.2. The second-order valence-corrected chi connectivity index (χ2v) is 11.8. The lowest BCUT2D eigenvalue weighted by Crippen LogP contribution is -2.41. The first kappa shape index (κ1) is 25.4. The number of fused-ring (bicyclic) bond motifs is 1. The molecule has 1 saturated carbocycles. The summed E-state index contributed by atoms with van der Waals surface area (Å²) in [5, 5.41) is 9.71. The number of likely N-dealkylation sites (N-methyl/N-ethyl adjacent to an activating group) is 1. The average Bonchev–Trinajstić information content (AvgIpc) is 3.44. The Bertz CT molecular complexity index is 1540. The predicted octanol–water partition coefficient (Wildman–Crippen LogP) is 5.14. The molecule has 1 aromatic carbocycles. The molecular weight excluding hydrogens is 496 g/mol.